The van der Waals surface area contributed by atoms with Gasteiger partial charge in [-0.15, -0.1) is 11.3 Å². The van der Waals surface area contributed by atoms with E-state index in [1.807, 2.05) is 44.2 Å². The maximum atomic E-state index is 12.5. The van der Waals surface area contributed by atoms with Crippen LogP contribution < -0.4 is 5.32 Å². The molecule has 6 nitrogen and oxygen atoms in total. The Morgan fingerprint density at radius 3 is 2.84 bits per heavy atom. The van der Waals surface area contributed by atoms with E-state index in [1.165, 1.54) is 4.88 Å². The van der Waals surface area contributed by atoms with Gasteiger partial charge >= 0.3 is 0 Å². The van der Waals surface area contributed by atoms with Gasteiger partial charge in [0.25, 0.3) is 0 Å². The zero-order valence-electron chi connectivity index (χ0n) is 18.0. The van der Waals surface area contributed by atoms with Gasteiger partial charge in [0.1, 0.15) is 5.76 Å². The number of oxazole rings is 1. The number of morpholine rings is 1. The van der Waals surface area contributed by atoms with E-state index in [9.17, 15) is 4.79 Å². The number of amides is 1. The van der Waals surface area contributed by atoms with Gasteiger partial charge in [-0.1, -0.05) is 29.3 Å². The molecule has 0 radical (unpaired) electrons. The Hall–Kier alpha value is -1.90. The maximum Gasteiger partial charge on any atom is 0.236 e. The first-order chi connectivity index (χ1) is 15.4. The van der Waals surface area contributed by atoms with Crippen molar-refractivity contribution in [2.75, 3.05) is 26.2 Å². The van der Waals surface area contributed by atoms with Crippen LogP contribution in [0.15, 0.2) is 34.7 Å². The molecule has 1 aliphatic rings. The lowest BCUT2D eigenvalue weighted by Crippen LogP contribution is -2.47. The number of nitrogens with one attached hydrogen (secondary N) is 1. The van der Waals surface area contributed by atoms with Crippen molar-refractivity contribution in [2.24, 2.45) is 0 Å². The molecule has 0 saturated carbocycles. The third-order valence-electron chi connectivity index (χ3n) is 5.31. The van der Waals surface area contributed by atoms with E-state index in [1.54, 1.807) is 11.3 Å². The van der Waals surface area contributed by atoms with Crippen LogP contribution >= 0.6 is 34.5 Å². The summed E-state index contributed by atoms with van der Waals surface area (Å²) in [5.41, 5.74) is 1.76. The molecule has 32 heavy (non-hydrogen) atoms. The van der Waals surface area contributed by atoms with Crippen LogP contribution in [0.1, 0.15) is 21.9 Å². The van der Waals surface area contributed by atoms with Crippen LogP contribution in [0.4, 0.5) is 0 Å². The number of hydrogen-bond donors (Lipinski definition) is 1. The van der Waals surface area contributed by atoms with Crippen LogP contribution in [-0.4, -0.2) is 48.1 Å². The molecule has 1 N–H and O–H groups in total. The molecule has 170 valence electrons. The van der Waals surface area contributed by atoms with Crippen molar-refractivity contribution >= 4 is 40.4 Å². The quantitative estimate of drug-likeness (QED) is 0.507. The number of nitrogens with zero attached hydrogens (tertiary/aromatic N) is 2. The maximum absolute atomic E-state index is 12.5. The van der Waals surface area contributed by atoms with E-state index in [0.717, 1.165) is 30.1 Å². The molecule has 2 aromatic heterocycles. The van der Waals surface area contributed by atoms with Gasteiger partial charge < -0.3 is 14.5 Å². The fraction of sp³-hybridized carbons (Fsp3) is 0.391. The Bertz CT molecular complexity index is 1100. The van der Waals surface area contributed by atoms with Crippen molar-refractivity contribution in [1.82, 2.24) is 15.2 Å². The summed E-state index contributed by atoms with van der Waals surface area (Å²) in [7, 11) is 0. The van der Waals surface area contributed by atoms with Crippen LogP contribution in [0, 0.1) is 13.8 Å². The number of aromatic nitrogens is 1. The predicted molar refractivity (Wildman–Crippen MR) is 127 cm³/mol. The van der Waals surface area contributed by atoms with Crippen LogP contribution in [0.3, 0.4) is 0 Å². The summed E-state index contributed by atoms with van der Waals surface area (Å²) in [6.45, 7) is 7.26. The third-order valence-corrected chi connectivity index (χ3v) is 7.04. The zero-order chi connectivity index (χ0) is 22.7. The second-order valence-corrected chi connectivity index (χ2v) is 9.99. The van der Waals surface area contributed by atoms with E-state index in [0.29, 0.717) is 40.5 Å². The number of halogens is 2. The number of rotatable bonds is 7. The zero-order valence-corrected chi connectivity index (χ0v) is 20.3. The van der Waals surface area contributed by atoms with Crippen LogP contribution in [0.2, 0.25) is 10.0 Å². The fourth-order valence-corrected chi connectivity index (χ4v) is 4.75. The van der Waals surface area contributed by atoms with Crippen LogP contribution in [0.25, 0.3) is 10.8 Å². The van der Waals surface area contributed by atoms with E-state index in [4.69, 9.17) is 32.4 Å². The summed E-state index contributed by atoms with van der Waals surface area (Å²) in [4.78, 5) is 21.5. The third kappa shape index (κ3) is 5.91. The molecular weight excluding hydrogens is 469 g/mol. The van der Waals surface area contributed by atoms with Gasteiger partial charge in [0.05, 0.1) is 39.7 Å². The molecule has 0 bridgehead atoms. The van der Waals surface area contributed by atoms with Crippen molar-refractivity contribution in [3.8, 4) is 10.8 Å². The Balaban J connectivity index is 1.27. The number of carbonyl (C=O) groups excluding carboxylic acids is 1. The highest BCUT2D eigenvalue weighted by molar-refractivity contribution is 7.15. The molecule has 1 saturated heterocycles. The number of aryl methyl sites for hydroxylation is 2. The number of hydrogen-bond acceptors (Lipinski definition) is 6. The standard InChI is InChI=1S/C23H25Cl2N3O3S/c1-14-3-6-21(32-14)23-27-20(15(2)31-23)10-22(29)26-11-17-13-28(7-8-30-17)12-16-4-5-18(24)19(25)9-16/h3-6,9,17H,7-8,10-13H2,1-2H3,(H,26,29). The molecule has 4 rings (SSSR count). The summed E-state index contributed by atoms with van der Waals surface area (Å²) < 4.78 is 11.6. The van der Waals surface area contributed by atoms with E-state index in [-0.39, 0.29) is 18.4 Å². The summed E-state index contributed by atoms with van der Waals surface area (Å²) in [6.07, 6.45) is 0.109. The van der Waals surface area contributed by atoms with Crippen molar-refractivity contribution in [3.63, 3.8) is 0 Å². The highest BCUT2D eigenvalue weighted by Crippen LogP contribution is 2.28. The fourth-order valence-electron chi connectivity index (χ4n) is 3.63. The first kappa shape index (κ1) is 23.3. The molecular formula is C23H25Cl2N3O3S. The Labute approximate surface area is 201 Å². The molecule has 1 aromatic carbocycles. The lowest BCUT2D eigenvalue weighted by atomic mass is 10.2. The molecule has 0 aliphatic carbocycles. The summed E-state index contributed by atoms with van der Waals surface area (Å²) in [5, 5.41) is 4.08. The van der Waals surface area contributed by atoms with E-state index >= 15 is 0 Å². The monoisotopic (exact) mass is 493 g/mol. The van der Waals surface area contributed by atoms with Crippen LogP contribution in [0.5, 0.6) is 0 Å². The summed E-state index contributed by atoms with van der Waals surface area (Å²) in [6, 6.07) is 9.70. The van der Waals surface area contributed by atoms with E-state index in [2.05, 4.69) is 15.2 Å². The molecule has 3 heterocycles. The second-order valence-electron chi connectivity index (χ2n) is 7.89. The van der Waals surface area contributed by atoms with Crippen molar-refractivity contribution in [2.45, 2.75) is 32.9 Å². The van der Waals surface area contributed by atoms with Gasteiger partial charge in [0.15, 0.2) is 0 Å². The number of thiophene rings is 1. The minimum atomic E-state index is -0.0967. The molecule has 1 unspecified atom stereocenters. The SMILES string of the molecule is Cc1ccc(-c2nc(CC(=O)NCC3CN(Cc4ccc(Cl)c(Cl)c4)CCO3)c(C)o2)s1. The van der Waals surface area contributed by atoms with Gasteiger partial charge in [-0.2, -0.15) is 0 Å². The van der Waals surface area contributed by atoms with Gasteiger partial charge in [-0.25, -0.2) is 4.98 Å². The van der Waals surface area contributed by atoms with E-state index < -0.39 is 0 Å². The Kier molecular flexibility index (Phi) is 7.53. The number of benzene rings is 1. The lowest BCUT2D eigenvalue weighted by Gasteiger charge is -2.33. The minimum Gasteiger partial charge on any atom is -0.440 e. The smallest absolute Gasteiger partial charge is 0.236 e. The molecule has 1 atom stereocenters. The molecule has 3 aromatic rings. The van der Waals surface area contributed by atoms with Gasteiger partial charge in [-0.3, -0.25) is 9.69 Å². The Morgan fingerprint density at radius 1 is 1.25 bits per heavy atom. The number of ether oxygens (including phenoxy) is 1. The topological polar surface area (TPSA) is 67.6 Å². The normalized spacial score (nSPS) is 16.9. The predicted octanol–water partition coefficient (Wildman–Crippen LogP) is 4.89. The van der Waals surface area contributed by atoms with Crippen molar-refractivity contribution in [1.29, 1.82) is 0 Å². The molecule has 1 aliphatic heterocycles. The minimum absolute atomic E-state index is 0.0708. The number of carbonyl (C=O) groups is 1. The summed E-state index contributed by atoms with van der Waals surface area (Å²) in [5.74, 6) is 1.14. The average molecular weight is 494 g/mol. The average Bonchev–Trinajstić information content (AvgIpc) is 3.35. The first-order valence-electron chi connectivity index (χ1n) is 10.4. The van der Waals surface area contributed by atoms with Gasteiger partial charge in [-0.05, 0) is 43.7 Å². The van der Waals surface area contributed by atoms with Crippen LogP contribution in [-0.2, 0) is 22.5 Å². The Morgan fingerprint density at radius 2 is 2.09 bits per heavy atom. The highest BCUT2D eigenvalue weighted by atomic mass is 35.5. The first-order valence-corrected chi connectivity index (χ1v) is 12.0. The molecule has 1 amide bonds. The van der Waals surface area contributed by atoms with Crippen molar-refractivity contribution < 1.29 is 13.9 Å². The van der Waals surface area contributed by atoms with Gasteiger partial charge in [0.2, 0.25) is 11.8 Å². The summed E-state index contributed by atoms with van der Waals surface area (Å²) >= 11 is 13.7. The lowest BCUT2D eigenvalue weighted by molar-refractivity contribution is -0.121. The van der Waals surface area contributed by atoms with Gasteiger partial charge in [0, 0.05) is 31.1 Å². The highest BCUT2D eigenvalue weighted by Gasteiger charge is 2.22. The molecule has 1 fully saturated rings. The second kappa shape index (κ2) is 10.4. The molecule has 9 heteroatoms. The van der Waals surface area contributed by atoms with Crippen molar-refractivity contribution in [3.05, 3.63) is 62.3 Å². The largest absolute Gasteiger partial charge is 0.440 e. The molecule has 0 spiro atoms.